The van der Waals surface area contributed by atoms with Crippen LogP contribution in [0.1, 0.15) is 25.8 Å². The number of hydrogen-bond donors (Lipinski definition) is 0. The van der Waals surface area contributed by atoms with E-state index in [0.717, 1.165) is 16.1 Å². The summed E-state index contributed by atoms with van der Waals surface area (Å²) < 4.78 is 13.1. The Morgan fingerprint density at radius 2 is 2.18 bits per heavy atom. The molecule has 0 aliphatic rings. The molecule has 17 heavy (non-hydrogen) atoms. The van der Waals surface area contributed by atoms with Crippen molar-refractivity contribution >= 4 is 17.1 Å². The highest BCUT2D eigenvalue weighted by Gasteiger charge is 2.12. The first-order valence-corrected chi connectivity index (χ1v) is 6.08. The monoisotopic (exact) mass is 249 g/mol. The Balaban J connectivity index is 2.21. The number of carbonyl (C=O) groups is 1. The normalized spacial score (nSPS) is 10.5. The number of hydrogen-bond acceptors (Lipinski definition) is 3. The van der Waals surface area contributed by atoms with Crippen molar-refractivity contribution in [2.24, 2.45) is 0 Å². The van der Waals surface area contributed by atoms with Crippen LogP contribution in [0.4, 0.5) is 4.39 Å². The van der Waals surface area contributed by atoms with Gasteiger partial charge in [-0.25, -0.2) is 9.37 Å². The van der Waals surface area contributed by atoms with Crippen molar-refractivity contribution < 1.29 is 9.18 Å². The summed E-state index contributed by atoms with van der Waals surface area (Å²) in [5, 5.41) is 0.865. The van der Waals surface area contributed by atoms with Gasteiger partial charge < -0.3 is 0 Å². The van der Waals surface area contributed by atoms with E-state index in [2.05, 4.69) is 4.98 Å². The molecule has 4 heteroatoms. The lowest BCUT2D eigenvalue weighted by Crippen LogP contribution is -2.03. The van der Waals surface area contributed by atoms with Crippen molar-refractivity contribution in [1.82, 2.24) is 4.98 Å². The van der Waals surface area contributed by atoms with Gasteiger partial charge in [0.2, 0.25) is 0 Å². The van der Waals surface area contributed by atoms with Gasteiger partial charge in [-0.1, -0.05) is 6.07 Å². The van der Waals surface area contributed by atoms with Crippen LogP contribution < -0.4 is 0 Å². The molecule has 0 N–H and O–H groups in total. The van der Waals surface area contributed by atoms with E-state index in [1.54, 1.807) is 12.3 Å². The number of Topliss-reactive ketones (excluding diaryl/α,β-unsaturated/α-hetero) is 1. The lowest BCUT2D eigenvalue weighted by atomic mass is 10.0. The van der Waals surface area contributed by atoms with Gasteiger partial charge in [0.05, 0.1) is 9.88 Å². The number of nitrogens with zero attached hydrogens (tertiary/aromatic N) is 1. The SMILES string of the molecule is Cc1ncc(C(=O)Cc2cc(F)ccc2C)s1. The molecule has 0 aliphatic carbocycles. The molecule has 0 fully saturated rings. The standard InChI is InChI=1S/C13H12FNOS/c1-8-3-4-11(14)5-10(8)6-12(16)13-7-15-9(2)17-13/h3-5,7H,6H2,1-2H3. The number of benzene rings is 1. The van der Waals surface area contributed by atoms with Crippen LogP contribution >= 0.6 is 11.3 Å². The molecule has 1 aromatic carbocycles. The van der Waals surface area contributed by atoms with Gasteiger partial charge in [0, 0.05) is 12.6 Å². The molecule has 0 spiro atoms. The summed E-state index contributed by atoms with van der Waals surface area (Å²) in [5.41, 5.74) is 1.67. The zero-order valence-corrected chi connectivity index (χ0v) is 10.5. The molecule has 0 saturated heterocycles. The van der Waals surface area contributed by atoms with Crippen LogP contribution in [0.25, 0.3) is 0 Å². The van der Waals surface area contributed by atoms with E-state index >= 15 is 0 Å². The molecule has 0 radical (unpaired) electrons. The topological polar surface area (TPSA) is 30.0 Å². The molecule has 88 valence electrons. The van der Waals surface area contributed by atoms with Gasteiger partial charge in [0.15, 0.2) is 5.78 Å². The average molecular weight is 249 g/mol. The van der Waals surface area contributed by atoms with Gasteiger partial charge in [-0.3, -0.25) is 4.79 Å². The van der Waals surface area contributed by atoms with Crippen molar-refractivity contribution in [3.63, 3.8) is 0 Å². The van der Waals surface area contributed by atoms with E-state index in [4.69, 9.17) is 0 Å². The van der Waals surface area contributed by atoms with Crippen LogP contribution in [0.15, 0.2) is 24.4 Å². The summed E-state index contributed by atoms with van der Waals surface area (Å²) in [5.74, 6) is -0.316. The van der Waals surface area contributed by atoms with Crippen molar-refractivity contribution in [3.05, 3.63) is 51.2 Å². The molecule has 0 amide bonds. The lowest BCUT2D eigenvalue weighted by Gasteiger charge is -2.03. The van der Waals surface area contributed by atoms with Crippen LogP contribution in [0.2, 0.25) is 0 Å². The third kappa shape index (κ3) is 2.77. The molecule has 0 saturated carbocycles. The summed E-state index contributed by atoms with van der Waals surface area (Å²) in [7, 11) is 0. The summed E-state index contributed by atoms with van der Waals surface area (Å²) >= 11 is 1.37. The number of carbonyl (C=O) groups excluding carboxylic acids is 1. The Bertz CT molecular complexity index is 562. The largest absolute Gasteiger partial charge is 0.293 e. The highest BCUT2D eigenvalue weighted by molar-refractivity contribution is 7.13. The minimum atomic E-state index is -0.307. The molecule has 0 aliphatic heterocycles. The molecule has 1 aromatic heterocycles. The van der Waals surface area contributed by atoms with Crippen LogP contribution in [0, 0.1) is 19.7 Å². The zero-order chi connectivity index (χ0) is 12.4. The minimum Gasteiger partial charge on any atom is -0.293 e. The quantitative estimate of drug-likeness (QED) is 0.781. The summed E-state index contributed by atoms with van der Waals surface area (Å²) in [6.45, 7) is 3.73. The molecule has 1 heterocycles. The van der Waals surface area contributed by atoms with E-state index < -0.39 is 0 Å². The predicted octanol–water partition coefficient (Wildman–Crippen LogP) is 3.32. The number of aromatic nitrogens is 1. The molecule has 0 bridgehead atoms. The summed E-state index contributed by atoms with van der Waals surface area (Å²) in [6.07, 6.45) is 1.81. The van der Waals surface area contributed by atoms with Gasteiger partial charge in [0.1, 0.15) is 5.82 Å². The first-order valence-electron chi connectivity index (χ1n) is 5.27. The minimum absolute atomic E-state index is 0.00991. The fourth-order valence-electron chi connectivity index (χ4n) is 1.58. The lowest BCUT2D eigenvalue weighted by molar-refractivity contribution is 0.0996. The van der Waals surface area contributed by atoms with Crippen LogP contribution in [-0.4, -0.2) is 10.8 Å². The van der Waals surface area contributed by atoms with E-state index in [-0.39, 0.29) is 18.0 Å². The van der Waals surface area contributed by atoms with Crippen LogP contribution in [0.3, 0.4) is 0 Å². The number of halogens is 1. The molecule has 0 unspecified atom stereocenters. The van der Waals surface area contributed by atoms with Crippen LogP contribution in [-0.2, 0) is 6.42 Å². The molecule has 2 aromatic rings. The Labute approximate surface area is 103 Å². The van der Waals surface area contributed by atoms with E-state index in [9.17, 15) is 9.18 Å². The second-order valence-corrected chi connectivity index (χ2v) is 5.15. The first-order chi connectivity index (χ1) is 8.06. The van der Waals surface area contributed by atoms with Crippen molar-refractivity contribution in [3.8, 4) is 0 Å². The number of aryl methyl sites for hydroxylation is 2. The zero-order valence-electron chi connectivity index (χ0n) is 9.66. The molecule has 2 nitrogen and oxygen atoms in total. The van der Waals surface area contributed by atoms with Gasteiger partial charge in [-0.15, -0.1) is 11.3 Å². The van der Waals surface area contributed by atoms with Crippen molar-refractivity contribution in [2.45, 2.75) is 20.3 Å². The number of thiazole rings is 1. The van der Waals surface area contributed by atoms with Crippen molar-refractivity contribution in [2.75, 3.05) is 0 Å². The van der Waals surface area contributed by atoms with Crippen molar-refractivity contribution in [1.29, 1.82) is 0 Å². The van der Waals surface area contributed by atoms with Gasteiger partial charge >= 0.3 is 0 Å². The highest BCUT2D eigenvalue weighted by atomic mass is 32.1. The van der Waals surface area contributed by atoms with E-state index in [1.807, 2.05) is 13.8 Å². The molecule has 2 rings (SSSR count). The molecular weight excluding hydrogens is 237 g/mol. The molecular formula is C13H12FNOS. The van der Waals surface area contributed by atoms with Gasteiger partial charge in [-0.2, -0.15) is 0 Å². The van der Waals surface area contributed by atoms with Gasteiger partial charge in [-0.05, 0) is 37.1 Å². The van der Waals surface area contributed by atoms with Crippen LogP contribution in [0.5, 0.6) is 0 Å². The first kappa shape index (κ1) is 11.9. The summed E-state index contributed by atoms with van der Waals surface area (Å²) in [4.78, 5) is 16.6. The fraction of sp³-hybridized carbons (Fsp3) is 0.231. The third-order valence-corrected chi connectivity index (χ3v) is 3.51. The predicted molar refractivity (Wildman–Crippen MR) is 66.0 cm³/mol. The highest BCUT2D eigenvalue weighted by Crippen LogP contribution is 2.17. The Hall–Kier alpha value is -1.55. The molecule has 0 atom stereocenters. The summed E-state index contributed by atoms with van der Waals surface area (Å²) in [6, 6.07) is 4.51. The second kappa shape index (κ2) is 4.75. The Kier molecular flexibility index (Phi) is 3.33. The van der Waals surface area contributed by atoms with E-state index in [0.29, 0.717) is 4.88 Å². The maximum Gasteiger partial charge on any atom is 0.178 e. The smallest absolute Gasteiger partial charge is 0.178 e. The Morgan fingerprint density at radius 3 is 2.82 bits per heavy atom. The fourth-order valence-corrected chi connectivity index (χ4v) is 2.30. The van der Waals surface area contributed by atoms with Gasteiger partial charge in [0.25, 0.3) is 0 Å². The third-order valence-electron chi connectivity index (χ3n) is 2.56. The second-order valence-electron chi connectivity index (χ2n) is 3.91. The average Bonchev–Trinajstić information content (AvgIpc) is 2.70. The maximum absolute atomic E-state index is 13.1. The Morgan fingerprint density at radius 1 is 1.41 bits per heavy atom. The maximum atomic E-state index is 13.1. The number of rotatable bonds is 3. The number of ketones is 1. The van der Waals surface area contributed by atoms with E-state index in [1.165, 1.54) is 23.5 Å².